The van der Waals surface area contributed by atoms with Crippen LogP contribution in [0.15, 0.2) is 18.2 Å². The van der Waals surface area contributed by atoms with Crippen LogP contribution in [-0.2, 0) is 16.0 Å². The molecule has 1 aliphatic rings. The minimum atomic E-state index is -0.819. The van der Waals surface area contributed by atoms with Crippen LogP contribution in [0.5, 0.6) is 11.5 Å². The second-order valence-corrected chi connectivity index (χ2v) is 5.89. The SMILES string of the molecule is COc1ccc(CCCC(=O)NCC2(C(=O)O)CC2)c(OC)c1. The second-order valence-electron chi connectivity index (χ2n) is 5.89. The molecule has 6 nitrogen and oxygen atoms in total. The number of aliphatic carboxylic acids is 1. The Labute approximate surface area is 135 Å². The van der Waals surface area contributed by atoms with E-state index >= 15 is 0 Å². The molecule has 1 fully saturated rings. The molecule has 23 heavy (non-hydrogen) atoms. The van der Waals surface area contributed by atoms with E-state index in [4.69, 9.17) is 14.6 Å². The number of nitrogens with one attached hydrogen (secondary N) is 1. The number of methoxy groups -OCH3 is 2. The minimum absolute atomic E-state index is 0.106. The molecule has 0 heterocycles. The van der Waals surface area contributed by atoms with Gasteiger partial charge >= 0.3 is 5.97 Å². The van der Waals surface area contributed by atoms with Gasteiger partial charge in [0.15, 0.2) is 0 Å². The molecule has 0 bridgehead atoms. The number of hydrogen-bond acceptors (Lipinski definition) is 4. The number of hydrogen-bond donors (Lipinski definition) is 2. The minimum Gasteiger partial charge on any atom is -0.497 e. The van der Waals surface area contributed by atoms with Gasteiger partial charge in [-0.25, -0.2) is 0 Å². The van der Waals surface area contributed by atoms with Gasteiger partial charge in [0, 0.05) is 19.0 Å². The molecule has 1 aromatic carbocycles. The Morgan fingerprint density at radius 2 is 2.00 bits per heavy atom. The first-order chi connectivity index (χ1) is 11.0. The van der Waals surface area contributed by atoms with E-state index in [-0.39, 0.29) is 12.5 Å². The standard InChI is InChI=1S/C17H23NO5/c1-22-13-7-6-12(14(10-13)23-2)4-3-5-15(19)18-11-17(8-9-17)16(20)21/h6-7,10H,3-5,8-9,11H2,1-2H3,(H,18,19)(H,20,21). The van der Waals surface area contributed by atoms with Crippen molar-refractivity contribution in [3.8, 4) is 11.5 Å². The van der Waals surface area contributed by atoms with Crippen molar-refractivity contribution in [2.45, 2.75) is 32.1 Å². The van der Waals surface area contributed by atoms with Crippen LogP contribution >= 0.6 is 0 Å². The van der Waals surface area contributed by atoms with Crippen molar-refractivity contribution < 1.29 is 24.2 Å². The quantitative estimate of drug-likeness (QED) is 0.727. The number of rotatable bonds is 9. The Morgan fingerprint density at radius 3 is 2.57 bits per heavy atom. The Bertz CT molecular complexity index is 580. The van der Waals surface area contributed by atoms with E-state index in [1.807, 2.05) is 18.2 Å². The van der Waals surface area contributed by atoms with Crippen LogP contribution in [0.2, 0.25) is 0 Å². The summed E-state index contributed by atoms with van der Waals surface area (Å²) in [5.74, 6) is 0.546. The lowest BCUT2D eigenvalue weighted by Gasteiger charge is -2.12. The van der Waals surface area contributed by atoms with Crippen molar-refractivity contribution in [1.82, 2.24) is 5.32 Å². The molecule has 2 N–H and O–H groups in total. The topological polar surface area (TPSA) is 84.9 Å². The first-order valence-electron chi connectivity index (χ1n) is 7.72. The molecule has 0 radical (unpaired) electrons. The van der Waals surface area contributed by atoms with E-state index in [1.54, 1.807) is 14.2 Å². The maximum Gasteiger partial charge on any atom is 0.311 e. The van der Waals surface area contributed by atoms with Gasteiger partial charge in [-0.3, -0.25) is 9.59 Å². The molecule has 0 atom stereocenters. The molecule has 0 aliphatic heterocycles. The van der Waals surface area contributed by atoms with E-state index in [9.17, 15) is 9.59 Å². The molecule has 1 aromatic rings. The van der Waals surface area contributed by atoms with Crippen molar-refractivity contribution in [2.75, 3.05) is 20.8 Å². The summed E-state index contributed by atoms with van der Waals surface area (Å²) < 4.78 is 10.5. The van der Waals surface area contributed by atoms with E-state index < -0.39 is 11.4 Å². The first-order valence-corrected chi connectivity index (χ1v) is 7.72. The summed E-state index contributed by atoms with van der Waals surface area (Å²) in [6.45, 7) is 0.229. The van der Waals surface area contributed by atoms with Crippen molar-refractivity contribution in [2.24, 2.45) is 5.41 Å². The average molecular weight is 321 g/mol. The van der Waals surface area contributed by atoms with Crippen molar-refractivity contribution in [3.05, 3.63) is 23.8 Å². The smallest absolute Gasteiger partial charge is 0.311 e. The molecular formula is C17H23NO5. The molecule has 2 rings (SSSR count). The largest absolute Gasteiger partial charge is 0.497 e. The van der Waals surface area contributed by atoms with Gasteiger partial charge in [0.2, 0.25) is 5.91 Å². The summed E-state index contributed by atoms with van der Waals surface area (Å²) in [5, 5.41) is 11.8. The zero-order chi connectivity index (χ0) is 16.9. The predicted octanol–water partition coefficient (Wildman–Crippen LogP) is 2.01. The van der Waals surface area contributed by atoms with E-state index in [0.717, 1.165) is 17.1 Å². The lowest BCUT2D eigenvalue weighted by Crippen LogP contribution is -2.34. The number of carbonyl (C=O) groups excluding carboxylic acids is 1. The Morgan fingerprint density at radius 1 is 1.26 bits per heavy atom. The fourth-order valence-electron chi connectivity index (χ4n) is 2.47. The van der Waals surface area contributed by atoms with Crippen LogP contribution in [0.1, 0.15) is 31.2 Å². The molecule has 0 saturated heterocycles. The number of aryl methyl sites for hydroxylation is 1. The lowest BCUT2D eigenvalue weighted by atomic mass is 10.1. The van der Waals surface area contributed by atoms with Gasteiger partial charge < -0.3 is 19.9 Å². The molecule has 1 aliphatic carbocycles. The zero-order valence-corrected chi connectivity index (χ0v) is 13.6. The summed E-state index contributed by atoms with van der Waals surface area (Å²) in [6, 6.07) is 5.61. The van der Waals surface area contributed by atoms with Crippen molar-refractivity contribution in [3.63, 3.8) is 0 Å². The number of amides is 1. The molecule has 6 heteroatoms. The zero-order valence-electron chi connectivity index (χ0n) is 13.6. The van der Waals surface area contributed by atoms with E-state index in [0.29, 0.717) is 32.1 Å². The van der Waals surface area contributed by atoms with Crippen LogP contribution in [0, 0.1) is 5.41 Å². The highest BCUT2D eigenvalue weighted by Crippen LogP contribution is 2.45. The molecule has 0 unspecified atom stereocenters. The molecule has 1 saturated carbocycles. The van der Waals surface area contributed by atoms with Gasteiger partial charge in [-0.2, -0.15) is 0 Å². The second kappa shape index (κ2) is 7.35. The third-order valence-electron chi connectivity index (χ3n) is 4.28. The van der Waals surface area contributed by atoms with Crippen LogP contribution in [-0.4, -0.2) is 37.7 Å². The maximum absolute atomic E-state index is 11.8. The Balaban J connectivity index is 1.76. The summed E-state index contributed by atoms with van der Waals surface area (Å²) in [5.41, 5.74) is 0.305. The van der Waals surface area contributed by atoms with Gasteiger partial charge in [-0.05, 0) is 37.3 Å². The highest BCUT2D eigenvalue weighted by molar-refractivity contribution is 5.80. The number of ether oxygens (including phenoxy) is 2. The third kappa shape index (κ3) is 4.37. The van der Waals surface area contributed by atoms with Gasteiger partial charge in [0.25, 0.3) is 0 Å². The maximum atomic E-state index is 11.8. The number of benzene rings is 1. The normalized spacial score (nSPS) is 14.9. The van der Waals surface area contributed by atoms with Crippen molar-refractivity contribution in [1.29, 1.82) is 0 Å². The summed E-state index contributed by atoms with van der Waals surface area (Å²) in [4.78, 5) is 22.9. The van der Waals surface area contributed by atoms with E-state index in [2.05, 4.69) is 5.32 Å². The fourth-order valence-corrected chi connectivity index (χ4v) is 2.47. The summed E-state index contributed by atoms with van der Waals surface area (Å²) in [6.07, 6.45) is 3.04. The Hall–Kier alpha value is -2.24. The molecule has 1 amide bonds. The monoisotopic (exact) mass is 321 g/mol. The molecule has 126 valence electrons. The Kier molecular flexibility index (Phi) is 5.47. The lowest BCUT2D eigenvalue weighted by molar-refractivity contribution is -0.143. The van der Waals surface area contributed by atoms with Crippen molar-refractivity contribution >= 4 is 11.9 Å². The highest BCUT2D eigenvalue weighted by Gasteiger charge is 2.50. The number of carboxylic acids is 1. The molecular weight excluding hydrogens is 298 g/mol. The van der Waals surface area contributed by atoms with Crippen LogP contribution in [0.3, 0.4) is 0 Å². The predicted molar refractivity (Wildman–Crippen MR) is 84.8 cm³/mol. The van der Waals surface area contributed by atoms with Gasteiger partial charge in [0.1, 0.15) is 11.5 Å². The molecule has 0 aromatic heterocycles. The van der Waals surface area contributed by atoms with Crippen LogP contribution < -0.4 is 14.8 Å². The van der Waals surface area contributed by atoms with Crippen LogP contribution in [0.4, 0.5) is 0 Å². The number of carbonyl (C=O) groups is 2. The van der Waals surface area contributed by atoms with Gasteiger partial charge in [-0.1, -0.05) is 6.07 Å². The van der Waals surface area contributed by atoms with Gasteiger partial charge in [-0.15, -0.1) is 0 Å². The number of carboxylic acid groups (broad SMARTS) is 1. The summed E-state index contributed by atoms with van der Waals surface area (Å²) >= 11 is 0. The highest BCUT2D eigenvalue weighted by atomic mass is 16.5. The third-order valence-corrected chi connectivity index (χ3v) is 4.28. The van der Waals surface area contributed by atoms with Crippen LogP contribution in [0.25, 0.3) is 0 Å². The fraction of sp³-hybridized carbons (Fsp3) is 0.529. The van der Waals surface area contributed by atoms with Gasteiger partial charge in [0.05, 0.1) is 19.6 Å². The van der Waals surface area contributed by atoms with E-state index in [1.165, 1.54) is 0 Å². The first kappa shape index (κ1) is 17.1. The molecule has 0 spiro atoms. The summed E-state index contributed by atoms with van der Waals surface area (Å²) in [7, 11) is 3.20. The average Bonchev–Trinajstić information content (AvgIpc) is 3.34.